The summed E-state index contributed by atoms with van der Waals surface area (Å²) in [4.78, 5) is 26.8. The number of nitrogens with zero attached hydrogens (tertiary/aromatic N) is 2. The van der Waals surface area contributed by atoms with E-state index in [0.29, 0.717) is 29.2 Å². The van der Waals surface area contributed by atoms with Crippen LogP contribution < -0.4 is 15.2 Å². The molecule has 3 rings (SSSR count). The monoisotopic (exact) mass is 412 g/mol. The van der Waals surface area contributed by atoms with Crippen molar-refractivity contribution >= 4 is 23.4 Å². The number of rotatable bonds is 7. The van der Waals surface area contributed by atoms with Crippen LogP contribution in [0.15, 0.2) is 30.3 Å². The molecule has 2 atom stereocenters. The van der Waals surface area contributed by atoms with Gasteiger partial charge in [-0.2, -0.15) is 5.26 Å². The number of halogens is 1. The topological polar surface area (TPSA) is 106 Å². The van der Waals surface area contributed by atoms with Crippen LogP contribution in [-0.2, 0) is 4.79 Å². The zero-order chi connectivity index (χ0) is 21.1. The normalized spacial score (nSPS) is 16.1. The first kappa shape index (κ1) is 20.5. The van der Waals surface area contributed by atoms with Crippen molar-refractivity contribution in [2.24, 2.45) is 5.73 Å². The van der Waals surface area contributed by atoms with Gasteiger partial charge in [0, 0.05) is 10.6 Å². The number of amides is 2. The Morgan fingerprint density at radius 1 is 1.41 bits per heavy atom. The minimum absolute atomic E-state index is 0.0565. The van der Waals surface area contributed by atoms with Gasteiger partial charge in [0.15, 0.2) is 11.5 Å². The zero-order valence-electron chi connectivity index (χ0n) is 15.9. The summed E-state index contributed by atoms with van der Waals surface area (Å²) in [6, 6.07) is 11.3. The molecule has 0 saturated carbocycles. The molecule has 8 heteroatoms. The van der Waals surface area contributed by atoms with Crippen molar-refractivity contribution in [1.82, 2.24) is 4.90 Å². The SMILES string of the molecule is CCOc1cc(C(CC#N)N2C(=O)c3[c]ccc(Cl)c3C2C(N)=O)ccc1OC. The van der Waals surface area contributed by atoms with Crippen molar-refractivity contribution in [1.29, 1.82) is 5.26 Å². The van der Waals surface area contributed by atoms with Crippen molar-refractivity contribution in [3.63, 3.8) is 0 Å². The molecule has 0 fully saturated rings. The molecule has 1 aliphatic rings. The molecule has 0 bridgehead atoms. The predicted octanol–water partition coefficient (Wildman–Crippen LogP) is 3.18. The molecule has 0 spiro atoms. The van der Waals surface area contributed by atoms with Gasteiger partial charge in [-0.25, -0.2) is 0 Å². The Kier molecular flexibility index (Phi) is 5.95. The van der Waals surface area contributed by atoms with Gasteiger partial charge >= 0.3 is 0 Å². The van der Waals surface area contributed by atoms with Crippen molar-refractivity contribution in [3.05, 3.63) is 58.1 Å². The highest BCUT2D eigenvalue weighted by molar-refractivity contribution is 6.32. The molecular formula is C21H19ClN3O4. The number of hydrogen-bond acceptors (Lipinski definition) is 5. The smallest absolute Gasteiger partial charge is 0.256 e. The van der Waals surface area contributed by atoms with E-state index in [1.54, 1.807) is 24.3 Å². The van der Waals surface area contributed by atoms with Crippen LogP contribution in [0.25, 0.3) is 0 Å². The van der Waals surface area contributed by atoms with E-state index in [9.17, 15) is 14.9 Å². The Morgan fingerprint density at radius 3 is 2.79 bits per heavy atom. The number of carbonyl (C=O) groups excluding carboxylic acids is 2. The maximum atomic E-state index is 13.2. The molecule has 0 saturated heterocycles. The standard InChI is InChI=1S/C21H19ClN3O4/c1-3-29-17-11-12(7-8-16(17)28-2)15(9-10-23)25-19(20(24)26)18-13(21(25)27)5-4-6-14(18)22/h4,6-8,11,15,19H,3,9H2,1-2H3,(H2,24,26). The number of ether oxygens (including phenoxy) is 2. The van der Waals surface area contributed by atoms with Crippen LogP contribution in [0.5, 0.6) is 11.5 Å². The zero-order valence-corrected chi connectivity index (χ0v) is 16.7. The Morgan fingerprint density at radius 2 is 2.17 bits per heavy atom. The highest BCUT2D eigenvalue weighted by atomic mass is 35.5. The van der Waals surface area contributed by atoms with Gasteiger partial charge in [-0.15, -0.1) is 0 Å². The van der Waals surface area contributed by atoms with Gasteiger partial charge in [-0.1, -0.05) is 23.7 Å². The molecule has 7 nitrogen and oxygen atoms in total. The molecule has 149 valence electrons. The summed E-state index contributed by atoms with van der Waals surface area (Å²) in [5.41, 5.74) is 6.74. The van der Waals surface area contributed by atoms with E-state index < -0.39 is 23.9 Å². The summed E-state index contributed by atoms with van der Waals surface area (Å²) < 4.78 is 10.9. The molecule has 0 aromatic heterocycles. The summed E-state index contributed by atoms with van der Waals surface area (Å²) in [5.74, 6) is -0.203. The predicted molar refractivity (Wildman–Crippen MR) is 106 cm³/mol. The summed E-state index contributed by atoms with van der Waals surface area (Å²) in [6.45, 7) is 2.24. The van der Waals surface area contributed by atoms with E-state index in [1.807, 2.05) is 6.92 Å². The van der Waals surface area contributed by atoms with Crippen LogP contribution in [0.1, 0.15) is 46.9 Å². The van der Waals surface area contributed by atoms with Crippen LogP contribution in [0.4, 0.5) is 0 Å². The maximum Gasteiger partial charge on any atom is 0.256 e. The van der Waals surface area contributed by atoms with Gasteiger partial charge < -0.3 is 20.1 Å². The van der Waals surface area contributed by atoms with Crippen molar-refractivity contribution in [2.45, 2.75) is 25.4 Å². The van der Waals surface area contributed by atoms with Crippen LogP contribution in [0, 0.1) is 17.4 Å². The minimum Gasteiger partial charge on any atom is -0.493 e. The molecule has 2 aromatic rings. The third-order valence-corrected chi connectivity index (χ3v) is 5.08. The first-order valence-electron chi connectivity index (χ1n) is 8.94. The van der Waals surface area contributed by atoms with E-state index in [4.69, 9.17) is 26.8 Å². The van der Waals surface area contributed by atoms with Crippen molar-refractivity contribution < 1.29 is 19.1 Å². The fourth-order valence-electron chi connectivity index (χ4n) is 3.55. The van der Waals surface area contributed by atoms with Crippen LogP contribution in [0.3, 0.4) is 0 Å². The lowest BCUT2D eigenvalue weighted by atomic mass is 9.99. The number of fused-ring (bicyclic) bond motifs is 1. The van der Waals surface area contributed by atoms with E-state index in [0.717, 1.165) is 0 Å². The number of nitriles is 1. The van der Waals surface area contributed by atoms with E-state index in [2.05, 4.69) is 12.1 Å². The molecule has 29 heavy (non-hydrogen) atoms. The van der Waals surface area contributed by atoms with Gasteiger partial charge in [-0.05, 0) is 36.8 Å². The molecule has 2 aromatic carbocycles. The molecule has 1 aliphatic heterocycles. The third kappa shape index (κ3) is 3.59. The number of primary amides is 1. The largest absolute Gasteiger partial charge is 0.493 e. The lowest BCUT2D eigenvalue weighted by Crippen LogP contribution is -2.39. The van der Waals surface area contributed by atoms with Crippen molar-refractivity contribution in [2.75, 3.05) is 13.7 Å². The van der Waals surface area contributed by atoms with Crippen molar-refractivity contribution in [3.8, 4) is 17.6 Å². The summed E-state index contributed by atoms with van der Waals surface area (Å²) >= 11 is 6.26. The van der Waals surface area contributed by atoms with E-state index >= 15 is 0 Å². The first-order valence-corrected chi connectivity index (χ1v) is 9.32. The second-order valence-corrected chi connectivity index (χ2v) is 6.76. The third-order valence-electron chi connectivity index (χ3n) is 4.75. The Labute approximate surface area is 173 Å². The maximum absolute atomic E-state index is 13.2. The molecule has 1 radical (unpaired) electrons. The molecule has 0 aliphatic carbocycles. The highest BCUT2D eigenvalue weighted by Gasteiger charge is 2.45. The van der Waals surface area contributed by atoms with E-state index in [1.165, 1.54) is 18.1 Å². The number of carbonyl (C=O) groups is 2. The lowest BCUT2D eigenvalue weighted by Gasteiger charge is -2.31. The number of methoxy groups -OCH3 is 1. The molecular weight excluding hydrogens is 394 g/mol. The second kappa shape index (κ2) is 8.41. The first-order chi connectivity index (χ1) is 13.9. The average molecular weight is 413 g/mol. The quantitative estimate of drug-likeness (QED) is 0.751. The fourth-order valence-corrected chi connectivity index (χ4v) is 3.81. The van der Waals surface area contributed by atoms with Gasteiger partial charge in [0.2, 0.25) is 5.91 Å². The van der Waals surface area contributed by atoms with Gasteiger partial charge in [0.1, 0.15) is 6.04 Å². The second-order valence-electron chi connectivity index (χ2n) is 6.35. The number of hydrogen-bond donors (Lipinski definition) is 1. The summed E-state index contributed by atoms with van der Waals surface area (Å²) in [5, 5.41) is 9.67. The highest BCUT2D eigenvalue weighted by Crippen LogP contribution is 2.44. The molecule has 2 N–H and O–H groups in total. The summed E-state index contributed by atoms with van der Waals surface area (Å²) in [7, 11) is 1.52. The molecule has 2 amide bonds. The summed E-state index contributed by atoms with van der Waals surface area (Å²) in [6.07, 6.45) is -0.0565. The Bertz CT molecular complexity index is 1000. The Hall–Kier alpha value is -3.24. The number of nitrogens with two attached hydrogens (primary N) is 1. The van der Waals surface area contributed by atoms with Gasteiger partial charge in [0.05, 0.1) is 37.8 Å². The lowest BCUT2D eigenvalue weighted by molar-refractivity contribution is -0.123. The van der Waals surface area contributed by atoms with Crippen LogP contribution >= 0.6 is 11.6 Å². The number of benzene rings is 2. The molecule has 1 heterocycles. The minimum atomic E-state index is -1.10. The average Bonchev–Trinajstić information content (AvgIpc) is 3.00. The van der Waals surface area contributed by atoms with Gasteiger partial charge in [-0.3, -0.25) is 9.59 Å². The Balaban J connectivity index is 2.13. The van der Waals surface area contributed by atoms with Crippen LogP contribution in [0.2, 0.25) is 5.02 Å². The molecule has 2 unspecified atom stereocenters. The van der Waals surface area contributed by atoms with Gasteiger partial charge in [0.25, 0.3) is 5.91 Å². The van der Waals surface area contributed by atoms with E-state index in [-0.39, 0.29) is 17.0 Å². The van der Waals surface area contributed by atoms with Crippen LogP contribution in [-0.4, -0.2) is 30.4 Å². The fraction of sp³-hybridized carbons (Fsp3) is 0.286.